The maximum atomic E-state index is 11.9. The van der Waals surface area contributed by atoms with Crippen LogP contribution < -0.4 is 0 Å². The Hall–Kier alpha value is -2.10. The average molecular weight is 344 g/mol. The van der Waals surface area contributed by atoms with Crippen LogP contribution in [0.15, 0.2) is 41.5 Å². The van der Waals surface area contributed by atoms with Gasteiger partial charge in [-0.3, -0.25) is 0 Å². The molecule has 4 nitrogen and oxygen atoms in total. The molecule has 1 aliphatic rings. The van der Waals surface area contributed by atoms with E-state index in [1.165, 1.54) is 5.57 Å². The Morgan fingerprint density at radius 1 is 0.920 bits per heavy atom. The van der Waals surface area contributed by atoms with Gasteiger partial charge in [0.05, 0.1) is 18.8 Å². The lowest BCUT2D eigenvalue weighted by molar-refractivity contribution is -0.138. The fourth-order valence-electron chi connectivity index (χ4n) is 3.16. The number of benzene rings is 1. The predicted molar refractivity (Wildman–Crippen MR) is 97.3 cm³/mol. The van der Waals surface area contributed by atoms with Gasteiger partial charge in [-0.1, -0.05) is 36.6 Å². The van der Waals surface area contributed by atoms with E-state index in [4.69, 9.17) is 9.47 Å². The largest absolute Gasteiger partial charge is 0.463 e. The summed E-state index contributed by atoms with van der Waals surface area (Å²) >= 11 is 0. The highest BCUT2D eigenvalue weighted by atomic mass is 16.5. The molecule has 136 valence electrons. The minimum atomic E-state index is -0.254. The van der Waals surface area contributed by atoms with E-state index >= 15 is 0 Å². The molecule has 0 heterocycles. The third kappa shape index (κ3) is 6.37. The number of ether oxygens (including phenoxy) is 2. The van der Waals surface area contributed by atoms with E-state index in [1.807, 2.05) is 25.1 Å². The molecule has 0 aromatic heterocycles. The molecule has 0 unspecified atom stereocenters. The highest BCUT2D eigenvalue weighted by Gasteiger charge is 2.21. The minimum absolute atomic E-state index is 0.122. The van der Waals surface area contributed by atoms with E-state index in [9.17, 15) is 9.59 Å². The lowest BCUT2D eigenvalue weighted by atomic mass is 10.0. The van der Waals surface area contributed by atoms with Gasteiger partial charge in [0.15, 0.2) is 0 Å². The van der Waals surface area contributed by atoms with Crippen LogP contribution in [0.5, 0.6) is 0 Å². The Morgan fingerprint density at radius 2 is 1.68 bits per heavy atom. The zero-order valence-corrected chi connectivity index (χ0v) is 15.1. The molecule has 0 amide bonds. The Kier molecular flexibility index (Phi) is 8.23. The normalized spacial score (nSPS) is 13.8. The van der Waals surface area contributed by atoms with Crippen LogP contribution in [0.25, 0.3) is 0 Å². The fourth-order valence-corrected chi connectivity index (χ4v) is 3.16. The molecular weight excluding hydrogens is 316 g/mol. The number of unbranched alkanes of at least 4 members (excludes halogenated alkanes) is 3. The smallest absolute Gasteiger partial charge is 0.338 e. The first kappa shape index (κ1) is 19.2. The molecule has 0 saturated carbocycles. The molecular formula is C21H28O4. The zero-order chi connectivity index (χ0) is 17.9. The van der Waals surface area contributed by atoms with Crippen molar-refractivity contribution in [2.45, 2.75) is 58.3 Å². The first-order valence-corrected chi connectivity index (χ1v) is 9.32. The van der Waals surface area contributed by atoms with E-state index in [0.29, 0.717) is 18.8 Å². The number of hydrogen-bond acceptors (Lipinski definition) is 4. The Morgan fingerprint density at radius 3 is 2.44 bits per heavy atom. The summed E-state index contributed by atoms with van der Waals surface area (Å²) in [6, 6.07) is 9.07. The number of allylic oxidation sites excluding steroid dienone is 1. The van der Waals surface area contributed by atoms with Gasteiger partial charge in [0.2, 0.25) is 0 Å². The van der Waals surface area contributed by atoms with Gasteiger partial charge in [-0.05, 0) is 57.6 Å². The molecule has 1 aromatic carbocycles. The molecule has 0 aliphatic heterocycles. The van der Waals surface area contributed by atoms with Crippen LogP contribution in [0.1, 0.15) is 68.6 Å². The Labute approximate surface area is 150 Å². The van der Waals surface area contributed by atoms with Crippen molar-refractivity contribution in [3.8, 4) is 0 Å². The van der Waals surface area contributed by atoms with Crippen molar-refractivity contribution < 1.29 is 19.1 Å². The summed E-state index contributed by atoms with van der Waals surface area (Å²) in [5.41, 5.74) is 2.80. The van der Waals surface area contributed by atoms with E-state index in [0.717, 1.165) is 56.9 Å². The lowest BCUT2D eigenvalue weighted by Gasteiger charge is -2.07. The van der Waals surface area contributed by atoms with Gasteiger partial charge in [0.1, 0.15) is 0 Å². The summed E-state index contributed by atoms with van der Waals surface area (Å²) in [6.45, 7) is 2.75. The number of rotatable bonds is 10. The fraction of sp³-hybridized carbons (Fsp3) is 0.524. The number of carbonyl (C=O) groups excluding carboxylic acids is 2. The third-order valence-electron chi connectivity index (χ3n) is 4.47. The molecule has 0 spiro atoms. The van der Waals surface area contributed by atoms with Crippen molar-refractivity contribution in [1.82, 2.24) is 0 Å². The number of hydrogen-bond donors (Lipinski definition) is 0. The molecule has 0 bridgehead atoms. The highest BCUT2D eigenvalue weighted by Crippen LogP contribution is 2.30. The molecule has 0 saturated heterocycles. The molecule has 2 rings (SSSR count). The Balaban J connectivity index is 1.58. The van der Waals surface area contributed by atoms with Gasteiger partial charge in [-0.15, -0.1) is 0 Å². The SMILES string of the molecule is CCOC(=O)C1=C(CCCCCCOC(=O)c2ccccc2)CCC1. The monoisotopic (exact) mass is 344 g/mol. The molecule has 25 heavy (non-hydrogen) atoms. The molecule has 0 fully saturated rings. The summed E-state index contributed by atoms with van der Waals surface area (Å²) < 4.78 is 10.4. The summed E-state index contributed by atoms with van der Waals surface area (Å²) in [5, 5.41) is 0. The van der Waals surface area contributed by atoms with Crippen LogP contribution in [0.2, 0.25) is 0 Å². The van der Waals surface area contributed by atoms with E-state index < -0.39 is 0 Å². The van der Waals surface area contributed by atoms with E-state index in [-0.39, 0.29) is 11.9 Å². The van der Waals surface area contributed by atoms with E-state index in [1.54, 1.807) is 12.1 Å². The second kappa shape index (κ2) is 10.7. The summed E-state index contributed by atoms with van der Waals surface area (Å²) in [5.74, 6) is -0.376. The lowest BCUT2D eigenvalue weighted by Crippen LogP contribution is -2.07. The zero-order valence-electron chi connectivity index (χ0n) is 15.1. The van der Waals surface area contributed by atoms with Gasteiger partial charge < -0.3 is 9.47 Å². The van der Waals surface area contributed by atoms with Gasteiger partial charge in [-0.25, -0.2) is 9.59 Å². The maximum Gasteiger partial charge on any atom is 0.338 e. The van der Waals surface area contributed by atoms with Crippen molar-refractivity contribution >= 4 is 11.9 Å². The van der Waals surface area contributed by atoms with Gasteiger partial charge in [0, 0.05) is 5.57 Å². The van der Waals surface area contributed by atoms with Crippen molar-refractivity contribution in [3.05, 3.63) is 47.0 Å². The van der Waals surface area contributed by atoms with Crippen LogP contribution >= 0.6 is 0 Å². The van der Waals surface area contributed by atoms with Crippen LogP contribution in [-0.4, -0.2) is 25.2 Å². The summed E-state index contributed by atoms with van der Waals surface area (Å²) in [4.78, 5) is 23.7. The molecule has 1 aromatic rings. The summed E-state index contributed by atoms with van der Waals surface area (Å²) in [6.07, 6.45) is 8.02. The average Bonchev–Trinajstić information content (AvgIpc) is 3.10. The van der Waals surface area contributed by atoms with Gasteiger partial charge in [0.25, 0.3) is 0 Å². The maximum absolute atomic E-state index is 11.9. The number of carbonyl (C=O) groups is 2. The second-order valence-corrected chi connectivity index (χ2v) is 6.32. The minimum Gasteiger partial charge on any atom is -0.463 e. The number of esters is 2. The third-order valence-corrected chi connectivity index (χ3v) is 4.47. The quantitative estimate of drug-likeness (QED) is 0.450. The topological polar surface area (TPSA) is 52.6 Å². The van der Waals surface area contributed by atoms with Crippen LogP contribution in [0.4, 0.5) is 0 Å². The van der Waals surface area contributed by atoms with Crippen molar-refractivity contribution in [2.24, 2.45) is 0 Å². The molecule has 0 atom stereocenters. The van der Waals surface area contributed by atoms with Crippen molar-refractivity contribution in [2.75, 3.05) is 13.2 Å². The summed E-state index contributed by atoms with van der Waals surface area (Å²) in [7, 11) is 0. The first-order chi connectivity index (χ1) is 12.2. The van der Waals surface area contributed by atoms with Crippen LogP contribution in [-0.2, 0) is 14.3 Å². The first-order valence-electron chi connectivity index (χ1n) is 9.32. The molecule has 4 heteroatoms. The van der Waals surface area contributed by atoms with Gasteiger partial charge >= 0.3 is 11.9 Å². The van der Waals surface area contributed by atoms with Crippen LogP contribution in [0.3, 0.4) is 0 Å². The van der Waals surface area contributed by atoms with E-state index in [2.05, 4.69) is 0 Å². The molecule has 0 N–H and O–H groups in total. The highest BCUT2D eigenvalue weighted by molar-refractivity contribution is 5.90. The van der Waals surface area contributed by atoms with Gasteiger partial charge in [-0.2, -0.15) is 0 Å². The van der Waals surface area contributed by atoms with Crippen LogP contribution in [0, 0.1) is 0 Å². The second-order valence-electron chi connectivity index (χ2n) is 6.32. The standard InChI is InChI=1S/C21H28O4/c1-2-24-21(23)19-15-10-14-17(19)11-6-3-4-9-16-25-20(22)18-12-7-5-8-13-18/h5,7-8,12-13H,2-4,6,9-11,14-16H2,1H3. The van der Waals surface area contributed by atoms with Crippen molar-refractivity contribution in [1.29, 1.82) is 0 Å². The predicted octanol–water partition coefficient (Wildman–Crippen LogP) is 4.84. The molecule has 1 aliphatic carbocycles. The molecule has 0 radical (unpaired) electrons. The van der Waals surface area contributed by atoms with Crippen molar-refractivity contribution in [3.63, 3.8) is 0 Å². The Bertz CT molecular complexity index is 589.